The van der Waals surface area contributed by atoms with E-state index >= 15 is 0 Å². The molecule has 2 heterocycles. The van der Waals surface area contributed by atoms with Crippen molar-refractivity contribution in [1.82, 2.24) is 14.8 Å². The number of nitrogens with zero attached hydrogens (tertiary/aromatic N) is 4. The van der Waals surface area contributed by atoms with E-state index in [2.05, 4.69) is 5.10 Å². The molecule has 0 aliphatic heterocycles. The molecule has 0 atom stereocenters. The summed E-state index contributed by atoms with van der Waals surface area (Å²) in [5, 5.41) is 5.99. The number of anilines is 1. The fourth-order valence-electron chi connectivity index (χ4n) is 3.80. The third kappa shape index (κ3) is 6.57. The zero-order valence-corrected chi connectivity index (χ0v) is 22.6. The van der Waals surface area contributed by atoms with Gasteiger partial charge in [0.25, 0.3) is 0 Å². The fourth-order valence-corrected chi connectivity index (χ4v) is 5.81. The molecule has 0 saturated carbocycles. The van der Waals surface area contributed by atoms with Crippen molar-refractivity contribution in [2.75, 3.05) is 23.8 Å². The number of hydrogen-bond donors (Lipinski definition) is 0. The Morgan fingerprint density at radius 1 is 1.20 bits per heavy atom. The first-order chi connectivity index (χ1) is 16.9. The van der Waals surface area contributed by atoms with Crippen molar-refractivity contribution in [3.05, 3.63) is 64.9 Å². The average molecular weight is 529 g/mol. The number of hydrogen-bond acceptors (Lipinski definition) is 6. The van der Waals surface area contributed by atoms with Crippen LogP contribution in [-0.4, -0.2) is 39.6 Å². The highest BCUT2D eigenvalue weighted by atomic mass is 35.5. The van der Waals surface area contributed by atoms with Gasteiger partial charge in [0.15, 0.2) is 5.13 Å². The second-order valence-electron chi connectivity index (χ2n) is 8.13. The van der Waals surface area contributed by atoms with Crippen molar-refractivity contribution in [3.8, 4) is 5.75 Å². The van der Waals surface area contributed by atoms with E-state index in [0.717, 1.165) is 49.4 Å². The Labute approximate surface area is 219 Å². The molecule has 2 aromatic heterocycles. The lowest BCUT2D eigenvalue weighted by Gasteiger charge is -2.20. The SMILES string of the molecule is CCOc1cccc2sc(N(CCn3nc(C)cc3C)C(=O)CCCSc3ccc(Cl)cc3)nc12. The number of amides is 1. The molecular formula is C26H29ClN4O2S2. The summed E-state index contributed by atoms with van der Waals surface area (Å²) in [7, 11) is 0. The number of carbonyl (C=O) groups is 1. The zero-order valence-electron chi connectivity index (χ0n) is 20.2. The second-order valence-corrected chi connectivity index (χ2v) is 10.7. The van der Waals surface area contributed by atoms with Crippen molar-refractivity contribution in [2.45, 2.75) is 45.1 Å². The minimum absolute atomic E-state index is 0.0697. The van der Waals surface area contributed by atoms with Gasteiger partial charge >= 0.3 is 0 Å². The first-order valence-corrected chi connectivity index (χ1v) is 13.8. The van der Waals surface area contributed by atoms with Gasteiger partial charge in [-0.1, -0.05) is 29.0 Å². The van der Waals surface area contributed by atoms with E-state index in [1.165, 1.54) is 11.3 Å². The van der Waals surface area contributed by atoms with E-state index in [1.54, 1.807) is 11.8 Å². The Kier molecular flexibility index (Phi) is 8.70. The van der Waals surface area contributed by atoms with Crippen molar-refractivity contribution in [3.63, 3.8) is 0 Å². The van der Waals surface area contributed by atoms with Crippen molar-refractivity contribution >= 4 is 56.0 Å². The van der Waals surface area contributed by atoms with Crippen LogP contribution in [0.5, 0.6) is 5.75 Å². The van der Waals surface area contributed by atoms with E-state index in [-0.39, 0.29) is 5.91 Å². The molecule has 0 spiro atoms. The lowest BCUT2D eigenvalue weighted by atomic mass is 10.3. The highest BCUT2D eigenvalue weighted by Gasteiger charge is 2.21. The van der Waals surface area contributed by atoms with Crippen LogP contribution in [0.15, 0.2) is 53.4 Å². The van der Waals surface area contributed by atoms with Crippen molar-refractivity contribution in [1.29, 1.82) is 0 Å². The lowest BCUT2D eigenvalue weighted by molar-refractivity contribution is -0.118. The number of para-hydroxylation sites is 1. The van der Waals surface area contributed by atoms with Gasteiger partial charge < -0.3 is 4.74 Å². The van der Waals surface area contributed by atoms with Crippen LogP contribution >= 0.6 is 34.7 Å². The van der Waals surface area contributed by atoms with Gasteiger partial charge in [0.2, 0.25) is 5.91 Å². The maximum Gasteiger partial charge on any atom is 0.228 e. The molecule has 0 N–H and O–H groups in total. The Morgan fingerprint density at radius 3 is 2.71 bits per heavy atom. The third-order valence-corrected chi connectivity index (χ3v) is 7.85. The molecule has 0 radical (unpaired) electrons. The Hall–Kier alpha value is -2.55. The summed E-state index contributed by atoms with van der Waals surface area (Å²) >= 11 is 9.22. The molecule has 4 rings (SSSR count). The van der Waals surface area contributed by atoms with Crippen molar-refractivity contribution < 1.29 is 9.53 Å². The number of rotatable bonds is 11. The molecule has 184 valence electrons. The Balaban J connectivity index is 1.48. The van der Waals surface area contributed by atoms with E-state index < -0.39 is 0 Å². The summed E-state index contributed by atoms with van der Waals surface area (Å²) in [6.45, 7) is 7.66. The number of aryl methyl sites for hydroxylation is 2. The number of ether oxygens (including phenoxy) is 1. The number of aromatic nitrogens is 3. The van der Waals surface area contributed by atoms with Crippen LogP contribution in [0.1, 0.15) is 31.2 Å². The van der Waals surface area contributed by atoms with Crippen LogP contribution in [0.3, 0.4) is 0 Å². The molecule has 2 aromatic carbocycles. The summed E-state index contributed by atoms with van der Waals surface area (Å²) in [6, 6.07) is 15.7. The normalized spacial score (nSPS) is 11.2. The number of halogens is 1. The molecule has 0 saturated heterocycles. The van der Waals surface area contributed by atoms with Crippen LogP contribution in [-0.2, 0) is 11.3 Å². The van der Waals surface area contributed by atoms with Gasteiger partial charge in [0, 0.05) is 28.6 Å². The summed E-state index contributed by atoms with van der Waals surface area (Å²) < 4.78 is 8.72. The molecule has 6 nitrogen and oxygen atoms in total. The zero-order chi connectivity index (χ0) is 24.8. The number of benzene rings is 2. The van der Waals surface area contributed by atoms with Crippen molar-refractivity contribution in [2.24, 2.45) is 0 Å². The minimum atomic E-state index is 0.0697. The van der Waals surface area contributed by atoms with Crippen LogP contribution < -0.4 is 9.64 Å². The summed E-state index contributed by atoms with van der Waals surface area (Å²) in [5.74, 6) is 1.67. The molecule has 9 heteroatoms. The minimum Gasteiger partial charge on any atom is -0.492 e. The van der Waals surface area contributed by atoms with E-state index in [0.29, 0.717) is 31.2 Å². The van der Waals surface area contributed by atoms with Gasteiger partial charge in [-0.15, -0.1) is 11.8 Å². The predicted octanol–water partition coefficient (Wildman–Crippen LogP) is 6.77. The van der Waals surface area contributed by atoms with Crippen LogP contribution in [0, 0.1) is 13.8 Å². The molecule has 0 fully saturated rings. The van der Waals surface area contributed by atoms with Gasteiger partial charge in [-0.25, -0.2) is 4.98 Å². The topological polar surface area (TPSA) is 60.2 Å². The molecule has 0 aliphatic carbocycles. The van der Waals surface area contributed by atoms with Gasteiger partial charge in [-0.3, -0.25) is 14.4 Å². The average Bonchev–Trinajstić information content (AvgIpc) is 3.41. The standard InChI is InChI=1S/C26H29ClN4O2S2/c1-4-33-22-7-5-8-23-25(22)28-26(35-23)30(14-15-31-19(3)17-18(2)29-31)24(32)9-6-16-34-21-12-10-20(27)11-13-21/h5,7-8,10-13,17H,4,6,9,14-16H2,1-3H3. The van der Waals surface area contributed by atoms with Gasteiger partial charge in [-0.05, 0) is 75.4 Å². The van der Waals surface area contributed by atoms with E-state index in [9.17, 15) is 4.79 Å². The van der Waals surface area contributed by atoms with Gasteiger partial charge in [-0.2, -0.15) is 5.10 Å². The number of thioether (sulfide) groups is 1. The third-order valence-electron chi connectivity index (χ3n) is 5.46. The second kappa shape index (κ2) is 11.9. The first kappa shape index (κ1) is 25.5. The Bertz CT molecular complexity index is 1290. The largest absolute Gasteiger partial charge is 0.492 e. The molecule has 35 heavy (non-hydrogen) atoms. The summed E-state index contributed by atoms with van der Waals surface area (Å²) in [4.78, 5) is 21.2. The monoisotopic (exact) mass is 528 g/mol. The quantitative estimate of drug-likeness (QED) is 0.159. The van der Waals surface area contributed by atoms with Gasteiger partial charge in [0.1, 0.15) is 11.3 Å². The maximum absolute atomic E-state index is 13.4. The van der Waals surface area contributed by atoms with Crippen LogP contribution in [0.25, 0.3) is 10.2 Å². The van der Waals surface area contributed by atoms with Gasteiger partial charge in [0.05, 0.1) is 23.5 Å². The van der Waals surface area contributed by atoms with Crippen LogP contribution in [0.2, 0.25) is 5.02 Å². The number of carbonyl (C=O) groups excluding carboxylic acids is 1. The highest BCUT2D eigenvalue weighted by molar-refractivity contribution is 7.99. The summed E-state index contributed by atoms with van der Waals surface area (Å²) in [6.07, 6.45) is 1.23. The van der Waals surface area contributed by atoms with E-state index in [4.69, 9.17) is 21.3 Å². The molecule has 0 unspecified atom stereocenters. The lowest BCUT2D eigenvalue weighted by Crippen LogP contribution is -2.34. The summed E-state index contributed by atoms with van der Waals surface area (Å²) in [5.41, 5.74) is 2.86. The maximum atomic E-state index is 13.4. The Morgan fingerprint density at radius 2 is 2.00 bits per heavy atom. The smallest absolute Gasteiger partial charge is 0.228 e. The highest BCUT2D eigenvalue weighted by Crippen LogP contribution is 2.34. The number of fused-ring (bicyclic) bond motifs is 1. The predicted molar refractivity (Wildman–Crippen MR) is 146 cm³/mol. The molecule has 4 aromatic rings. The molecule has 1 amide bonds. The molecule has 0 bridgehead atoms. The number of thiazole rings is 1. The fraction of sp³-hybridized carbons (Fsp3) is 0.346. The first-order valence-electron chi connectivity index (χ1n) is 11.7. The molecular weight excluding hydrogens is 500 g/mol. The van der Waals surface area contributed by atoms with E-state index in [1.807, 2.05) is 78.9 Å². The van der Waals surface area contributed by atoms with Crippen LogP contribution in [0.4, 0.5) is 5.13 Å². The molecule has 0 aliphatic rings.